The molecule has 68 valence electrons. The molecule has 0 atom stereocenters. The highest BCUT2D eigenvalue weighted by atomic mass is 32.1. The molecule has 0 aliphatic heterocycles. The van der Waals surface area contributed by atoms with Crippen molar-refractivity contribution in [1.29, 1.82) is 0 Å². The third kappa shape index (κ3) is 3.75. The van der Waals surface area contributed by atoms with Gasteiger partial charge in [0.2, 0.25) is 0 Å². The van der Waals surface area contributed by atoms with E-state index in [4.69, 9.17) is 12.2 Å². The lowest BCUT2D eigenvalue weighted by Crippen LogP contribution is -2.23. The number of nitrogens with one attached hydrogen (secondary N) is 1. The van der Waals surface area contributed by atoms with Gasteiger partial charge in [-0.2, -0.15) is 0 Å². The molecule has 0 radical (unpaired) electrons. The number of thiocarbonyl (C=S) groups is 1. The van der Waals surface area contributed by atoms with E-state index in [1.165, 1.54) is 6.33 Å². The fraction of sp³-hybridized carbons (Fsp3) is 0.222. The molecule has 0 saturated carbocycles. The van der Waals surface area contributed by atoms with E-state index >= 15 is 0 Å². The minimum absolute atomic E-state index is 0.658. The number of aromatic nitrogens is 2. The highest BCUT2D eigenvalue weighted by Gasteiger charge is 1.97. The molecule has 1 N–H and O–H groups in total. The Hall–Kier alpha value is -1.29. The molecular weight excluding hydrogens is 182 g/mol. The monoisotopic (exact) mass is 193 g/mol. The van der Waals surface area contributed by atoms with Crippen LogP contribution in [0.2, 0.25) is 0 Å². The molecule has 0 fully saturated rings. The van der Waals surface area contributed by atoms with Crippen molar-refractivity contribution in [2.75, 3.05) is 6.54 Å². The molecule has 3 nitrogen and oxygen atoms in total. The van der Waals surface area contributed by atoms with Crippen LogP contribution in [0.15, 0.2) is 31.2 Å². The van der Waals surface area contributed by atoms with Crippen LogP contribution < -0.4 is 5.32 Å². The first-order valence-corrected chi connectivity index (χ1v) is 4.36. The van der Waals surface area contributed by atoms with E-state index in [0.717, 1.165) is 10.7 Å². The Bertz CT molecular complexity index is 284. The Balaban J connectivity index is 2.41. The van der Waals surface area contributed by atoms with Gasteiger partial charge in [0.1, 0.15) is 6.33 Å². The highest BCUT2D eigenvalue weighted by Crippen LogP contribution is 1.93. The second kappa shape index (κ2) is 5.37. The molecule has 0 bridgehead atoms. The average molecular weight is 193 g/mol. The third-order valence-corrected chi connectivity index (χ3v) is 1.72. The summed E-state index contributed by atoms with van der Waals surface area (Å²) in [6.07, 6.45) is 5.65. The summed E-state index contributed by atoms with van der Waals surface area (Å²) >= 11 is 5.08. The molecule has 1 heterocycles. The summed E-state index contributed by atoms with van der Waals surface area (Å²) in [5.74, 6) is 0. The minimum Gasteiger partial charge on any atom is -0.376 e. The summed E-state index contributed by atoms with van der Waals surface area (Å²) in [7, 11) is 0. The Morgan fingerprint density at radius 3 is 3.15 bits per heavy atom. The predicted octanol–water partition coefficient (Wildman–Crippen LogP) is 1.12. The van der Waals surface area contributed by atoms with Gasteiger partial charge in [-0.1, -0.05) is 18.3 Å². The zero-order valence-corrected chi connectivity index (χ0v) is 8.05. The first-order chi connectivity index (χ1) is 6.33. The number of hydrogen-bond donors (Lipinski definition) is 1. The van der Waals surface area contributed by atoms with Crippen LogP contribution in [0.25, 0.3) is 0 Å². The lowest BCUT2D eigenvalue weighted by molar-refractivity contribution is 1.00. The van der Waals surface area contributed by atoms with E-state index in [9.17, 15) is 0 Å². The third-order valence-electron chi connectivity index (χ3n) is 1.43. The van der Waals surface area contributed by atoms with Gasteiger partial charge in [-0.05, 0) is 6.07 Å². The molecule has 0 aromatic carbocycles. The summed E-state index contributed by atoms with van der Waals surface area (Å²) in [6.45, 7) is 4.29. The van der Waals surface area contributed by atoms with Crippen molar-refractivity contribution in [2.45, 2.75) is 6.42 Å². The van der Waals surface area contributed by atoms with Crippen molar-refractivity contribution in [1.82, 2.24) is 15.3 Å². The van der Waals surface area contributed by atoms with Crippen molar-refractivity contribution in [3.05, 3.63) is 36.9 Å². The van der Waals surface area contributed by atoms with Crippen molar-refractivity contribution >= 4 is 17.2 Å². The average Bonchev–Trinajstić information content (AvgIpc) is 2.16. The lowest BCUT2D eigenvalue weighted by atomic mass is 10.3. The summed E-state index contributed by atoms with van der Waals surface area (Å²) < 4.78 is 0. The quantitative estimate of drug-likeness (QED) is 0.574. The lowest BCUT2D eigenvalue weighted by Gasteiger charge is -2.03. The van der Waals surface area contributed by atoms with Crippen LogP contribution in [0.3, 0.4) is 0 Å². The van der Waals surface area contributed by atoms with Gasteiger partial charge < -0.3 is 5.32 Å². The molecular formula is C9H11N3S. The molecule has 0 saturated heterocycles. The summed E-state index contributed by atoms with van der Waals surface area (Å²) in [6, 6.07) is 1.85. The minimum atomic E-state index is 0.658. The van der Waals surface area contributed by atoms with Crippen LogP contribution in [0, 0.1) is 0 Å². The van der Waals surface area contributed by atoms with Crippen molar-refractivity contribution < 1.29 is 0 Å². The summed E-state index contributed by atoms with van der Waals surface area (Å²) in [5, 5.41) is 3.03. The van der Waals surface area contributed by atoms with Gasteiger partial charge in [0.25, 0.3) is 0 Å². The molecule has 0 spiro atoms. The molecule has 0 amide bonds. The van der Waals surface area contributed by atoms with E-state index in [2.05, 4.69) is 21.9 Å². The van der Waals surface area contributed by atoms with Crippen molar-refractivity contribution in [2.24, 2.45) is 0 Å². The second-order valence-corrected chi connectivity index (χ2v) is 2.96. The zero-order valence-electron chi connectivity index (χ0n) is 7.23. The van der Waals surface area contributed by atoms with Gasteiger partial charge in [-0.3, -0.25) is 0 Å². The van der Waals surface area contributed by atoms with Gasteiger partial charge in [0.15, 0.2) is 0 Å². The van der Waals surface area contributed by atoms with Gasteiger partial charge in [-0.15, -0.1) is 6.58 Å². The smallest absolute Gasteiger partial charge is 0.115 e. The molecule has 4 heteroatoms. The van der Waals surface area contributed by atoms with Crippen molar-refractivity contribution in [3.8, 4) is 0 Å². The van der Waals surface area contributed by atoms with Crippen molar-refractivity contribution in [3.63, 3.8) is 0 Å². The molecule has 0 aliphatic rings. The topological polar surface area (TPSA) is 37.8 Å². The van der Waals surface area contributed by atoms with E-state index < -0.39 is 0 Å². The number of rotatable bonds is 4. The fourth-order valence-corrected chi connectivity index (χ4v) is 1.07. The van der Waals surface area contributed by atoms with Crippen LogP contribution in [-0.4, -0.2) is 21.5 Å². The Morgan fingerprint density at radius 2 is 2.54 bits per heavy atom. The number of hydrogen-bond acceptors (Lipinski definition) is 3. The van der Waals surface area contributed by atoms with Crippen LogP contribution in [0.1, 0.15) is 5.69 Å². The standard InChI is InChI=1S/C9H11N3S/c1-2-4-11-9(13)6-8-3-5-10-7-12-8/h2-3,5,7H,1,4,6H2,(H,11,13). The van der Waals surface area contributed by atoms with E-state index in [-0.39, 0.29) is 0 Å². The van der Waals surface area contributed by atoms with E-state index in [0.29, 0.717) is 13.0 Å². The van der Waals surface area contributed by atoms with Crippen LogP contribution in [0.4, 0.5) is 0 Å². The number of nitrogens with zero attached hydrogens (tertiary/aromatic N) is 2. The maximum Gasteiger partial charge on any atom is 0.115 e. The first kappa shape index (κ1) is 9.80. The molecule has 0 unspecified atom stereocenters. The van der Waals surface area contributed by atoms with Crippen LogP contribution >= 0.6 is 12.2 Å². The fourth-order valence-electron chi connectivity index (χ4n) is 0.836. The van der Waals surface area contributed by atoms with Gasteiger partial charge in [0, 0.05) is 19.2 Å². The SMILES string of the molecule is C=CCNC(=S)Cc1ccncn1. The molecule has 1 aromatic heterocycles. The van der Waals surface area contributed by atoms with Gasteiger partial charge in [-0.25, -0.2) is 9.97 Å². The molecule has 13 heavy (non-hydrogen) atoms. The maximum atomic E-state index is 5.08. The maximum absolute atomic E-state index is 5.08. The normalized spacial score (nSPS) is 9.23. The highest BCUT2D eigenvalue weighted by molar-refractivity contribution is 7.80. The summed E-state index contributed by atoms with van der Waals surface area (Å²) in [5.41, 5.74) is 0.927. The van der Waals surface area contributed by atoms with Gasteiger partial charge >= 0.3 is 0 Å². The predicted molar refractivity (Wildman–Crippen MR) is 56.5 cm³/mol. The Kier molecular flexibility index (Phi) is 4.05. The largest absolute Gasteiger partial charge is 0.376 e. The second-order valence-electron chi connectivity index (χ2n) is 2.47. The molecule has 0 aliphatic carbocycles. The van der Waals surface area contributed by atoms with Crippen LogP contribution in [-0.2, 0) is 6.42 Å². The Morgan fingerprint density at radius 1 is 1.69 bits per heavy atom. The molecule has 1 aromatic rings. The molecule has 1 rings (SSSR count). The van der Waals surface area contributed by atoms with Crippen LogP contribution in [0.5, 0.6) is 0 Å². The summed E-state index contributed by atoms with van der Waals surface area (Å²) in [4.78, 5) is 8.66. The Labute approximate surface area is 82.9 Å². The van der Waals surface area contributed by atoms with Gasteiger partial charge in [0.05, 0.1) is 10.7 Å². The first-order valence-electron chi connectivity index (χ1n) is 3.95. The van der Waals surface area contributed by atoms with E-state index in [1.807, 2.05) is 6.07 Å². The van der Waals surface area contributed by atoms with E-state index in [1.54, 1.807) is 12.3 Å². The zero-order chi connectivity index (χ0) is 9.52.